The molecule has 2 aromatic carbocycles. The standard InChI is InChI=1S/C22H20N4O4S/c1-3-6-18(27)25-15-8-5-4-7-14(15)19-20(28)23-22(31-2)24-26(19)21(25)13-9-10-16-17(11-13)30-12-29-16/h4-5,7-11,21H,3,6,12H2,1-2H3/p+1/t21-/m1/s1. The zero-order valence-electron chi connectivity index (χ0n) is 17.1. The van der Waals surface area contributed by atoms with E-state index in [1.54, 1.807) is 9.58 Å². The SMILES string of the molecule is CCCC(=O)N1c2ccccc2-c2c(=O)[nH]c(SC)n[n+]2[C@@H]1c1ccc2c(c1)OCO2. The van der Waals surface area contributed by atoms with Crippen molar-refractivity contribution in [2.24, 2.45) is 0 Å². The normalized spacial score (nSPS) is 16.1. The van der Waals surface area contributed by atoms with Gasteiger partial charge in [0.15, 0.2) is 11.5 Å². The van der Waals surface area contributed by atoms with Gasteiger partial charge >= 0.3 is 11.3 Å². The number of para-hydroxylation sites is 1. The third kappa shape index (κ3) is 3.16. The molecule has 1 amide bonds. The van der Waals surface area contributed by atoms with Crippen LogP contribution in [0.3, 0.4) is 0 Å². The number of rotatable bonds is 4. The first-order chi connectivity index (χ1) is 15.1. The minimum Gasteiger partial charge on any atom is -0.454 e. The summed E-state index contributed by atoms with van der Waals surface area (Å²) >= 11 is 1.34. The number of hydrogen-bond acceptors (Lipinski definition) is 6. The number of fused-ring (bicyclic) bond motifs is 4. The third-order valence-corrected chi connectivity index (χ3v) is 5.95. The van der Waals surface area contributed by atoms with Crippen LogP contribution in [0.1, 0.15) is 31.5 Å². The Kier molecular flexibility index (Phi) is 4.90. The summed E-state index contributed by atoms with van der Waals surface area (Å²) in [5, 5.41) is 5.17. The molecule has 0 bridgehead atoms. The number of benzene rings is 2. The largest absolute Gasteiger partial charge is 0.454 e. The number of nitrogens with zero attached hydrogens (tertiary/aromatic N) is 3. The van der Waals surface area contributed by atoms with Crippen LogP contribution in [0.25, 0.3) is 11.3 Å². The molecule has 158 valence electrons. The Labute approximate surface area is 182 Å². The zero-order valence-corrected chi connectivity index (χ0v) is 17.9. The molecule has 1 aromatic heterocycles. The molecule has 8 nitrogen and oxygen atoms in total. The maximum Gasteiger partial charge on any atom is 0.325 e. The Morgan fingerprint density at radius 3 is 2.87 bits per heavy atom. The van der Waals surface area contributed by atoms with E-state index in [-0.39, 0.29) is 18.3 Å². The summed E-state index contributed by atoms with van der Waals surface area (Å²) in [6.45, 7) is 2.13. The van der Waals surface area contributed by atoms with E-state index in [0.29, 0.717) is 46.4 Å². The van der Waals surface area contributed by atoms with Crippen LogP contribution in [-0.4, -0.2) is 29.0 Å². The minimum absolute atomic E-state index is 0.0384. The van der Waals surface area contributed by atoms with E-state index < -0.39 is 6.17 Å². The lowest BCUT2D eigenvalue weighted by Crippen LogP contribution is -2.60. The van der Waals surface area contributed by atoms with Gasteiger partial charge in [0, 0.05) is 17.1 Å². The van der Waals surface area contributed by atoms with Gasteiger partial charge in [0.2, 0.25) is 17.9 Å². The molecule has 0 saturated heterocycles. The van der Waals surface area contributed by atoms with Gasteiger partial charge in [-0.15, -0.1) is 0 Å². The molecular weight excluding hydrogens is 416 g/mol. The molecule has 5 rings (SSSR count). The summed E-state index contributed by atoms with van der Waals surface area (Å²) in [6, 6.07) is 13.0. The lowest BCUT2D eigenvalue weighted by atomic mass is 10.0. The maximum absolute atomic E-state index is 13.4. The van der Waals surface area contributed by atoms with Crippen LogP contribution < -0.4 is 24.6 Å². The van der Waals surface area contributed by atoms with Gasteiger partial charge in [-0.1, -0.05) is 30.8 Å². The topological polar surface area (TPSA) is 88.4 Å². The first-order valence-electron chi connectivity index (χ1n) is 10.0. The maximum atomic E-state index is 13.4. The molecule has 2 aliphatic heterocycles. The van der Waals surface area contributed by atoms with Gasteiger partial charge < -0.3 is 9.47 Å². The molecule has 3 aromatic rings. The summed E-state index contributed by atoms with van der Waals surface area (Å²) in [5.74, 6) is 1.22. The van der Waals surface area contributed by atoms with Crippen molar-refractivity contribution in [2.45, 2.75) is 31.1 Å². The number of hydrogen-bond donors (Lipinski definition) is 1. The molecule has 1 atom stereocenters. The van der Waals surface area contributed by atoms with Crippen molar-refractivity contribution in [1.82, 2.24) is 10.1 Å². The summed E-state index contributed by atoms with van der Waals surface area (Å²) < 4.78 is 12.7. The number of aromatic amines is 1. The second-order valence-corrected chi connectivity index (χ2v) is 8.07. The number of H-pyrrole nitrogens is 1. The van der Waals surface area contributed by atoms with Crippen molar-refractivity contribution in [1.29, 1.82) is 0 Å². The summed E-state index contributed by atoms with van der Waals surface area (Å²) in [7, 11) is 0. The number of anilines is 1. The number of nitrogens with one attached hydrogen (secondary N) is 1. The summed E-state index contributed by atoms with van der Waals surface area (Å²) in [5.41, 5.74) is 2.30. The first kappa shape index (κ1) is 19.6. The van der Waals surface area contributed by atoms with Crippen molar-refractivity contribution >= 4 is 23.4 Å². The van der Waals surface area contributed by atoms with E-state index >= 15 is 0 Å². The molecular formula is C22H21N4O4S+. The van der Waals surface area contributed by atoms with Crippen LogP contribution in [0.5, 0.6) is 11.5 Å². The molecule has 2 aliphatic rings. The number of carbonyl (C=O) groups is 1. The molecule has 0 spiro atoms. The van der Waals surface area contributed by atoms with E-state index in [1.807, 2.05) is 55.6 Å². The second-order valence-electron chi connectivity index (χ2n) is 7.27. The Morgan fingerprint density at radius 2 is 2.06 bits per heavy atom. The van der Waals surface area contributed by atoms with E-state index in [1.165, 1.54) is 11.8 Å². The highest BCUT2D eigenvalue weighted by atomic mass is 32.2. The molecule has 0 unspecified atom stereocenters. The molecule has 31 heavy (non-hydrogen) atoms. The highest BCUT2D eigenvalue weighted by molar-refractivity contribution is 7.98. The molecule has 0 aliphatic carbocycles. The van der Waals surface area contributed by atoms with Gasteiger partial charge in [-0.2, -0.15) is 0 Å². The van der Waals surface area contributed by atoms with Crippen LogP contribution in [0.2, 0.25) is 0 Å². The fourth-order valence-corrected chi connectivity index (χ4v) is 4.41. The molecule has 3 heterocycles. The third-order valence-electron chi connectivity index (χ3n) is 5.38. The van der Waals surface area contributed by atoms with Crippen LogP contribution in [0, 0.1) is 0 Å². The van der Waals surface area contributed by atoms with Gasteiger partial charge in [-0.3, -0.25) is 14.6 Å². The van der Waals surface area contributed by atoms with E-state index in [4.69, 9.17) is 14.6 Å². The van der Waals surface area contributed by atoms with Gasteiger partial charge in [0.25, 0.3) is 6.17 Å². The van der Waals surface area contributed by atoms with Crippen molar-refractivity contribution in [3.63, 3.8) is 0 Å². The number of thioether (sulfide) groups is 1. The Morgan fingerprint density at radius 1 is 1.26 bits per heavy atom. The van der Waals surface area contributed by atoms with Gasteiger partial charge in [0.1, 0.15) is 0 Å². The predicted molar refractivity (Wildman–Crippen MR) is 115 cm³/mol. The van der Waals surface area contributed by atoms with E-state index in [9.17, 15) is 9.59 Å². The van der Waals surface area contributed by atoms with Crippen molar-refractivity contribution in [2.75, 3.05) is 17.9 Å². The number of carbonyl (C=O) groups excluding carboxylic acids is 1. The lowest BCUT2D eigenvalue weighted by Gasteiger charge is -2.32. The molecule has 9 heteroatoms. The number of aromatic nitrogens is 3. The summed E-state index contributed by atoms with van der Waals surface area (Å²) in [6.07, 6.45) is 2.30. The molecule has 0 fully saturated rings. The fraction of sp³-hybridized carbons (Fsp3) is 0.273. The van der Waals surface area contributed by atoms with Crippen LogP contribution in [0.4, 0.5) is 5.69 Å². The van der Waals surface area contributed by atoms with Crippen LogP contribution in [-0.2, 0) is 4.79 Å². The highest BCUT2D eigenvalue weighted by Crippen LogP contribution is 2.40. The van der Waals surface area contributed by atoms with Crippen molar-refractivity contribution in [3.05, 3.63) is 58.4 Å². The van der Waals surface area contributed by atoms with Crippen LogP contribution in [0.15, 0.2) is 52.4 Å². The van der Waals surface area contributed by atoms with E-state index in [0.717, 1.165) is 5.56 Å². The number of ether oxygens (including phenoxy) is 2. The number of amides is 1. The van der Waals surface area contributed by atoms with Crippen molar-refractivity contribution < 1.29 is 19.0 Å². The Hall–Kier alpha value is -3.33. The fourth-order valence-electron chi connectivity index (χ4n) is 4.04. The monoisotopic (exact) mass is 437 g/mol. The van der Waals surface area contributed by atoms with Gasteiger partial charge in [-0.05, 0) is 47.7 Å². The predicted octanol–water partition coefficient (Wildman–Crippen LogP) is 2.87. The van der Waals surface area contributed by atoms with E-state index in [2.05, 4.69) is 4.98 Å². The Balaban J connectivity index is 1.81. The molecule has 1 N–H and O–H groups in total. The Bertz CT molecular complexity index is 1240. The molecule has 0 radical (unpaired) electrons. The average molecular weight is 438 g/mol. The molecule has 0 saturated carbocycles. The first-order valence-corrected chi connectivity index (χ1v) is 11.3. The van der Waals surface area contributed by atoms with Crippen LogP contribution >= 0.6 is 11.8 Å². The van der Waals surface area contributed by atoms with Gasteiger partial charge in [-0.25, -0.2) is 4.90 Å². The second kappa shape index (κ2) is 7.73. The highest BCUT2D eigenvalue weighted by Gasteiger charge is 2.45. The van der Waals surface area contributed by atoms with Gasteiger partial charge in [0.05, 0.1) is 11.3 Å². The summed E-state index contributed by atoms with van der Waals surface area (Å²) in [4.78, 5) is 31.0. The zero-order chi connectivity index (χ0) is 21.5. The smallest absolute Gasteiger partial charge is 0.325 e. The minimum atomic E-state index is -0.633. The average Bonchev–Trinajstić information content (AvgIpc) is 3.25. The quantitative estimate of drug-likeness (QED) is 0.499. The lowest BCUT2D eigenvalue weighted by molar-refractivity contribution is -0.763. The van der Waals surface area contributed by atoms with Crippen molar-refractivity contribution in [3.8, 4) is 22.8 Å².